The third kappa shape index (κ3) is 9.98. The number of methoxy groups -OCH3 is 1. The maximum Gasteiger partial charge on any atom is 0.271 e. The third-order valence-electron chi connectivity index (χ3n) is 9.98. The van der Waals surface area contributed by atoms with Gasteiger partial charge in [-0.1, -0.05) is 30.8 Å². The second-order valence-electron chi connectivity index (χ2n) is 14.4. The van der Waals surface area contributed by atoms with Gasteiger partial charge in [-0.25, -0.2) is 4.98 Å². The number of aromatic amines is 2. The number of amides is 7. The summed E-state index contributed by atoms with van der Waals surface area (Å²) in [5, 5.41) is 19.2. The summed E-state index contributed by atoms with van der Waals surface area (Å²) in [4.78, 5) is 106. The molecule has 60 heavy (non-hydrogen) atoms. The summed E-state index contributed by atoms with van der Waals surface area (Å²) < 4.78 is 5.58. The minimum Gasteiger partial charge on any atom is -0.496 e. The van der Waals surface area contributed by atoms with Crippen LogP contribution < -0.4 is 36.6 Å². The zero-order chi connectivity index (χ0) is 43.1. The number of fused-ring (bicyclic) bond motifs is 4. The first-order valence-electron chi connectivity index (χ1n) is 19.1. The fraction of sp³-hybridized carbons (Fsp3) is 0.317. The van der Waals surface area contributed by atoms with Crippen molar-refractivity contribution in [2.24, 2.45) is 0 Å². The zero-order valence-electron chi connectivity index (χ0n) is 33.4. The average Bonchev–Trinajstić information content (AvgIpc) is 4.00. The molecular weight excluding hydrogens is 793 g/mol. The van der Waals surface area contributed by atoms with Crippen molar-refractivity contribution >= 4 is 74.5 Å². The summed E-state index contributed by atoms with van der Waals surface area (Å²) >= 11 is 1.11. The van der Waals surface area contributed by atoms with Gasteiger partial charge < -0.3 is 51.5 Å². The quantitative estimate of drug-likeness (QED) is 0.115. The molecule has 2 aromatic carbocycles. The number of rotatable bonds is 6. The molecule has 0 spiro atoms. The van der Waals surface area contributed by atoms with Crippen LogP contribution >= 0.6 is 11.3 Å². The van der Waals surface area contributed by atoms with Crippen LogP contribution in [0, 0.1) is 0 Å². The molecule has 6 rings (SSSR count). The summed E-state index contributed by atoms with van der Waals surface area (Å²) in [6.45, 7) is 5.67. The first-order chi connectivity index (χ1) is 28.7. The molecule has 1 aliphatic rings. The number of ether oxygens (including phenoxy) is 1. The van der Waals surface area contributed by atoms with E-state index in [1.807, 2.05) is 42.5 Å². The highest BCUT2D eigenvalue weighted by atomic mass is 32.1. The van der Waals surface area contributed by atoms with Crippen molar-refractivity contribution in [2.45, 2.75) is 57.3 Å². The molecule has 0 saturated heterocycles. The van der Waals surface area contributed by atoms with E-state index >= 15 is 0 Å². The fourth-order valence-electron chi connectivity index (χ4n) is 6.81. The maximum atomic E-state index is 14.4. The Balaban J connectivity index is 1.31. The highest BCUT2D eigenvalue weighted by molar-refractivity contribution is 7.09. The maximum absolute atomic E-state index is 14.4. The zero-order valence-corrected chi connectivity index (χ0v) is 34.2. The van der Waals surface area contributed by atoms with Gasteiger partial charge in [-0.2, -0.15) is 0 Å². The predicted octanol–water partition coefficient (Wildman–Crippen LogP) is 1.47. The van der Waals surface area contributed by atoms with Gasteiger partial charge in [-0.05, 0) is 56.0 Å². The largest absolute Gasteiger partial charge is 0.496 e. The smallest absolute Gasteiger partial charge is 0.271 e. The number of benzene rings is 2. The van der Waals surface area contributed by atoms with Crippen LogP contribution in [0.1, 0.15) is 52.9 Å². The Bertz CT molecular complexity index is 2470. The van der Waals surface area contributed by atoms with Gasteiger partial charge in [0.05, 0.1) is 31.9 Å². The Morgan fingerprint density at radius 1 is 0.817 bits per heavy atom. The van der Waals surface area contributed by atoms with Crippen LogP contribution in [0.25, 0.3) is 21.8 Å². The monoisotopic (exact) mass is 838 g/mol. The van der Waals surface area contributed by atoms with Gasteiger partial charge >= 0.3 is 0 Å². The van der Waals surface area contributed by atoms with Crippen LogP contribution in [-0.2, 0) is 41.6 Å². The van der Waals surface area contributed by atoms with E-state index in [0.717, 1.165) is 49.2 Å². The lowest BCUT2D eigenvalue weighted by atomic mass is 10.0. The van der Waals surface area contributed by atoms with Crippen molar-refractivity contribution in [3.8, 4) is 5.75 Å². The Labute approximate surface area is 348 Å². The standard InChI is InChI=1S/C41H46N10O8S/c1-21-36(54)47-23(3)41(58)51(4)19-34(53)46-22(2)40-50-31(20-60-40)39(57)49-30(15-25-17-42-27-10-7-6-9-26(25)27)38(56)48-29(37(55)44-18-33(52)45-21)14-13-24-16-43-28-11-8-12-32(59-5)35(24)28/h6-12,16-17,20-22,29-30,42-43H,3,13-15,18-19H2,1-2,4-5H3,(H,44,55)(H,45,52)(H,46,53)(H,47,54)(H,48,56)(H,49,57)/t21-,22-,29+,30+/m1/s1. The Morgan fingerprint density at radius 2 is 1.53 bits per heavy atom. The molecule has 3 aromatic heterocycles. The van der Waals surface area contributed by atoms with Crippen molar-refractivity contribution in [1.29, 1.82) is 0 Å². The molecule has 7 amide bonds. The molecule has 19 heteroatoms. The van der Waals surface area contributed by atoms with Gasteiger partial charge in [0.2, 0.25) is 29.5 Å². The molecule has 0 radical (unpaired) electrons. The molecular formula is C41H46N10O8S. The number of hydrogen-bond acceptors (Lipinski definition) is 10. The second-order valence-corrected chi connectivity index (χ2v) is 15.3. The average molecular weight is 839 g/mol. The van der Waals surface area contributed by atoms with E-state index in [9.17, 15) is 33.6 Å². The molecule has 0 aliphatic carbocycles. The Hall–Kier alpha value is -7.02. The van der Waals surface area contributed by atoms with Crippen LogP contribution in [0.2, 0.25) is 0 Å². The lowest BCUT2D eigenvalue weighted by Crippen LogP contribution is -2.55. The topological polar surface area (TPSA) is 249 Å². The van der Waals surface area contributed by atoms with E-state index in [2.05, 4.69) is 53.4 Å². The predicted molar refractivity (Wildman–Crippen MR) is 223 cm³/mol. The number of hydrogen-bond donors (Lipinski definition) is 8. The Morgan fingerprint density at radius 3 is 2.32 bits per heavy atom. The van der Waals surface area contributed by atoms with E-state index in [-0.39, 0.29) is 30.7 Å². The number of thiazole rings is 1. The second kappa shape index (κ2) is 18.7. The normalized spacial score (nSPS) is 20.8. The van der Waals surface area contributed by atoms with Gasteiger partial charge in [-0.3, -0.25) is 33.6 Å². The number of carbonyl (C=O) groups excluding carboxylic acids is 7. The minimum atomic E-state index is -1.21. The van der Waals surface area contributed by atoms with Gasteiger partial charge in [0.1, 0.15) is 34.6 Å². The van der Waals surface area contributed by atoms with E-state index in [1.165, 1.54) is 19.4 Å². The lowest BCUT2D eigenvalue weighted by molar-refractivity contribution is -0.133. The van der Waals surface area contributed by atoms with Crippen LogP contribution in [-0.4, -0.2) is 107 Å². The molecule has 5 aromatic rings. The van der Waals surface area contributed by atoms with Crippen molar-refractivity contribution in [1.82, 2.24) is 51.8 Å². The summed E-state index contributed by atoms with van der Waals surface area (Å²) in [6.07, 6.45) is 3.92. The van der Waals surface area contributed by atoms with Crippen molar-refractivity contribution in [3.63, 3.8) is 0 Å². The van der Waals surface area contributed by atoms with Gasteiger partial charge in [-0.15, -0.1) is 11.3 Å². The minimum absolute atomic E-state index is 0.00978. The SMILES string of the molecule is C=C1NC(=O)[C@@H](C)NC(=O)CNC(=O)[C@H](CCc2c[nH]c3cccc(OC)c23)NC(=O)[C@H](Cc2c[nH]c3ccccc23)NC(=O)c2csc(n2)[C@@H](C)NC(=O)CN(C)C1=O. The van der Waals surface area contributed by atoms with Crippen molar-refractivity contribution in [3.05, 3.63) is 94.3 Å². The van der Waals surface area contributed by atoms with Crippen molar-refractivity contribution in [2.75, 3.05) is 27.2 Å². The van der Waals surface area contributed by atoms with Crippen molar-refractivity contribution < 1.29 is 38.3 Å². The molecule has 18 nitrogen and oxygen atoms in total. The number of likely N-dealkylation sites (N-methyl/N-ethyl adjacent to an activating group) is 1. The van der Waals surface area contributed by atoms with Crippen LogP contribution in [0.15, 0.2) is 72.5 Å². The number of para-hydroxylation sites is 1. The molecule has 0 unspecified atom stereocenters. The van der Waals surface area contributed by atoms with E-state index in [0.29, 0.717) is 10.8 Å². The van der Waals surface area contributed by atoms with Crippen LogP contribution in [0.5, 0.6) is 5.75 Å². The number of H-pyrrole nitrogens is 2. The number of nitrogens with one attached hydrogen (secondary N) is 8. The third-order valence-corrected chi connectivity index (χ3v) is 11.0. The van der Waals surface area contributed by atoms with E-state index in [1.54, 1.807) is 26.4 Å². The summed E-state index contributed by atoms with van der Waals surface area (Å²) in [6, 6.07) is 8.76. The molecule has 8 N–H and O–H groups in total. The lowest BCUT2D eigenvalue weighted by Gasteiger charge is -2.23. The summed E-state index contributed by atoms with van der Waals surface area (Å²) in [5.74, 6) is -4.24. The molecule has 4 heterocycles. The molecule has 0 saturated carbocycles. The number of aryl methyl sites for hydroxylation is 1. The molecule has 314 valence electrons. The van der Waals surface area contributed by atoms with Crippen LogP contribution in [0.4, 0.5) is 0 Å². The van der Waals surface area contributed by atoms with Gasteiger partial charge in [0, 0.05) is 53.0 Å². The number of carbonyl (C=O) groups is 7. The van der Waals surface area contributed by atoms with Crippen LogP contribution in [0.3, 0.4) is 0 Å². The summed E-state index contributed by atoms with van der Waals surface area (Å²) in [5.41, 5.74) is 2.82. The van der Waals surface area contributed by atoms with Gasteiger partial charge in [0.15, 0.2) is 0 Å². The fourth-order valence-corrected chi connectivity index (χ4v) is 7.61. The first-order valence-corrected chi connectivity index (χ1v) is 20.0. The molecule has 0 fully saturated rings. The molecule has 2 bridgehead atoms. The first kappa shape index (κ1) is 42.6. The van der Waals surface area contributed by atoms with E-state index < -0.39 is 78.6 Å². The highest BCUT2D eigenvalue weighted by Gasteiger charge is 2.30. The molecule has 1 aliphatic heterocycles. The Kier molecular flexibility index (Phi) is 13.3. The molecule has 4 atom stereocenters. The number of aromatic nitrogens is 3. The number of nitrogens with zero attached hydrogens (tertiary/aromatic N) is 2. The summed E-state index contributed by atoms with van der Waals surface area (Å²) in [7, 11) is 2.90. The van der Waals surface area contributed by atoms with Gasteiger partial charge in [0.25, 0.3) is 11.8 Å². The highest BCUT2D eigenvalue weighted by Crippen LogP contribution is 2.29. The van der Waals surface area contributed by atoms with E-state index in [4.69, 9.17) is 4.74 Å².